The molecule has 0 amide bonds. The second-order valence-corrected chi connectivity index (χ2v) is 18.3. The quantitative estimate of drug-likeness (QED) is 0.0375. The fraction of sp³-hybridized carbons (Fsp3) is 0.857. The highest BCUT2D eigenvalue weighted by atomic mass is 16.6. The summed E-state index contributed by atoms with van der Waals surface area (Å²) in [6, 6.07) is 0. The number of allylic oxidation sites excluding steroid dienone is 6. The van der Waals surface area contributed by atoms with Crippen LogP contribution in [0.25, 0.3) is 0 Å². The molecule has 0 aromatic rings. The molecule has 0 bridgehead atoms. The molecule has 1 atom stereocenters. The van der Waals surface area contributed by atoms with E-state index in [0.29, 0.717) is 12.8 Å². The normalized spacial score (nSPS) is 12.4. The van der Waals surface area contributed by atoms with E-state index in [1.54, 1.807) is 0 Å². The van der Waals surface area contributed by atoms with E-state index in [9.17, 15) is 14.7 Å². The van der Waals surface area contributed by atoms with Gasteiger partial charge in [0.05, 0.1) is 6.61 Å². The standard InChI is InChI=1S/C56H104O5/c1-3-5-7-9-11-13-15-17-19-21-22-23-24-25-26-27-28-29-30-31-32-33-34-35-37-38-40-42-44-46-48-50-55(58)60-53-54(52-57)61-56(59)51-49-47-45-43-41-39-36-20-18-16-14-12-10-8-6-4-2/h14,16,20-22,36,54,57H,3-13,15,17-19,23-35,37-53H2,1-2H3/b16-14-,22-21-,36-20-. The number of hydrogen-bond acceptors (Lipinski definition) is 5. The molecule has 0 radical (unpaired) electrons. The Morgan fingerprint density at radius 2 is 0.656 bits per heavy atom. The number of esters is 2. The van der Waals surface area contributed by atoms with Crippen LogP contribution in [0.5, 0.6) is 0 Å². The maximum atomic E-state index is 12.2. The van der Waals surface area contributed by atoms with Gasteiger partial charge in [0.15, 0.2) is 6.10 Å². The number of rotatable bonds is 50. The predicted octanol–water partition coefficient (Wildman–Crippen LogP) is 17.9. The van der Waals surface area contributed by atoms with Gasteiger partial charge in [-0.3, -0.25) is 9.59 Å². The van der Waals surface area contributed by atoms with Gasteiger partial charge in [-0.05, 0) is 70.6 Å². The number of aliphatic hydroxyl groups is 1. The number of carbonyl (C=O) groups excluding carboxylic acids is 2. The van der Waals surface area contributed by atoms with Crippen molar-refractivity contribution in [1.29, 1.82) is 0 Å². The van der Waals surface area contributed by atoms with E-state index in [1.165, 1.54) is 212 Å². The topological polar surface area (TPSA) is 72.8 Å². The van der Waals surface area contributed by atoms with Crippen molar-refractivity contribution in [3.05, 3.63) is 36.5 Å². The molecule has 1 N–H and O–H groups in total. The maximum absolute atomic E-state index is 12.2. The summed E-state index contributed by atoms with van der Waals surface area (Å²) in [7, 11) is 0. The Morgan fingerprint density at radius 1 is 0.377 bits per heavy atom. The lowest BCUT2D eigenvalue weighted by molar-refractivity contribution is -0.161. The van der Waals surface area contributed by atoms with Gasteiger partial charge in [0.1, 0.15) is 6.61 Å². The van der Waals surface area contributed by atoms with Crippen LogP contribution in [0.2, 0.25) is 0 Å². The van der Waals surface area contributed by atoms with E-state index in [4.69, 9.17) is 9.47 Å². The van der Waals surface area contributed by atoms with Crippen LogP contribution in [0.4, 0.5) is 0 Å². The molecule has 0 aliphatic heterocycles. The SMILES string of the molecule is CCCCCC/C=C\C/C=C\CCCCCCCC(=O)OC(CO)COC(=O)CCCCCCCCCCCCCCCCCCCCC/C=C\CCCCCCCCCC. The molecule has 0 heterocycles. The molecule has 0 saturated heterocycles. The Hall–Kier alpha value is -1.88. The monoisotopic (exact) mass is 857 g/mol. The molecule has 0 fully saturated rings. The van der Waals surface area contributed by atoms with Gasteiger partial charge in [-0.2, -0.15) is 0 Å². The number of carbonyl (C=O) groups is 2. The summed E-state index contributed by atoms with van der Waals surface area (Å²) in [5.41, 5.74) is 0. The molecule has 0 spiro atoms. The molecule has 1 unspecified atom stereocenters. The first-order valence-electron chi connectivity index (χ1n) is 27.0. The number of ether oxygens (including phenoxy) is 2. The minimum Gasteiger partial charge on any atom is -0.462 e. The lowest BCUT2D eigenvalue weighted by atomic mass is 10.0. The zero-order valence-corrected chi connectivity index (χ0v) is 40.9. The molecule has 0 aromatic carbocycles. The van der Waals surface area contributed by atoms with Crippen LogP contribution in [0.15, 0.2) is 36.5 Å². The average Bonchev–Trinajstić information content (AvgIpc) is 3.26. The smallest absolute Gasteiger partial charge is 0.306 e. The highest BCUT2D eigenvalue weighted by molar-refractivity contribution is 5.70. The Bertz CT molecular complexity index is 970. The zero-order chi connectivity index (χ0) is 44.2. The van der Waals surface area contributed by atoms with Gasteiger partial charge < -0.3 is 14.6 Å². The molecular weight excluding hydrogens is 753 g/mol. The van der Waals surface area contributed by atoms with Crippen LogP contribution >= 0.6 is 0 Å². The summed E-state index contributed by atoms with van der Waals surface area (Å²) in [6.45, 7) is 4.14. The van der Waals surface area contributed by atoms with Crippen molar-refractivity contribution >= 4 is 11.9 Å². The highest BCUT2D eigenvalue weighted by Gasteiger charge is 2.16. The van der Waals surface area contributed by atoms with Gasteiger partial charge in [0.2, 0.25) is 0 Å². The van der Waals surface area contributed by atoms with E-state index in [1.807, 2.05) is 0 Å². The van der Waals surface area contributed by atoms with Crippen LogP contribution in [0, 0.1) is 0 Å². The van der Waals surface area contributed by atoms with Crippen molar-refractivity contribution in [3.63, 3.8) is 0 Å². The van der Waals surface area contributed by atoms with Gasteiger partial charge >= 0.3 is 11.9 Å². The van der Waals surface area contributed by atoms with Gasteiger partial charge in [0.25, 0.3) is 0 Å². The molecule has 0 aliphatic rings. The first kappa shape index (κ1) is 59.1. The molecule has 61 heavy (non-hydrogen) atoms. The zero-order valence-electron chi connectivity index (χ0n) is 40.9. The minimum atomic E-state index is -0.777. The molecular formula is C56H104O5. The van der Waals surface area contributed by atoms with Crippen LogP contribution in [0.1, 0.15) is 290 Å². The lowest BCUT2D eigenvalue weighted by Gasteiger charge is -2.15. The third-order valence-electron chi connectivity index (χ3n) is 12.2. The number of aliphatic hydroxyl groups excluding tert-OH is 1. The summed E-state index contributed by atoms with van der Waals surface area (Å²) in [6.07, 6.45) is 66.9. The Kier molecular flexibility index (Phi) is 50.8. The Balaban J connectivity index is 3.42. The van der Waals surface area contributed by atoms with Crippen LogP contribution in [-0.4, -0.2) is 36.4 Å². The van der Waals surface area contributed by atoms with E-state index < -0.39 is 6.10 Å². The molecule has 0 aromatic heterocycles. The van der Waals surface area contributed by atoms with E-state index in [2.05, 4.69) is 50.3 Å². The van der Waals surface area contributed by atoms with Crippen molar-refractivity contribution in [3.8, 4) is 0 Å². The maximum Gasteiger partial charge on any atom is 0.306 e. The molecule has 5 nitrogen and oxygen atoms in total. The van der Waals surface area contributed by atoms with E-state index >= 15 is 0 Å². The van der Waals surface area contributed by atoms with Gasteiger partial charge in [-0.25, -0.2) is 0 Å². The van der Waals surface area contributed by atoms with E-state index in [0.717, 1.165) is 51.4 Å². The van der Waals surface area contributed by atoms with Crippen LogP contribution in [0.3, 0.4) is 0 Å². The third kappa shape index (κ3) is 50.6. The summed E-state index contributed by atoms with van der Waals surface area (Å²) < 4.78 is 10.7. The minimum absolute atomic E-state index is 0.0681. The first-order chi connectivity index (χ1) is 30.1. The van der Waals surface area contributed by atoms with E-state index in [-0.39, 0.29) is 25.2 Å². The van der Waals surface area contributed by atoms with Gasteiger partial charge in [-0.15, -0.1) is 0 Å². The fourth-order valence-electron chi connectivity index (χ4n) is 8.05. The number of unbranched alkanes of at least 4 members (excludes halogenated alkanes) is 36. The lowest BCUT2D eigenvalue weighted by Crippen LogP contribution is -2.28. The summed E-state index contributed by atoms with van der Waals surface area (Å²) >= 11 is 0. The third-order valence-corrected chi connectivity index (χ3v) is 12.2. The van der Waals surface area contributed by atoms with Crippen molar-refractivity contribution in [1.82, 2.24) is 0 Å². The van der Waals surface area contributed by atoms with Crippen molar-refractivity contribution in [2.75, 3.05) is 13.2 Å². The molecule has 0 saturated carbocycles. The molecule has 0 rings (SSSR count). The Labute approximate surface area is 380 Å². The number of hydrogen-bond donors (Lipinski definition) is 1. The van der Waals surface area contributed by atoms with Crippen LogP contribution in [-0.2, 0) is 19.1 Å². The largest absolute Gasteiger partial charge is 0.462 e. The second-order valence-electron chi connectivity index (χ2n) is 18.3. The average molecular weight is 857 g/mol. The Morgan fingerprint density at radius 3 is 1.00 bits per heavy atom. The second kappa shape index (κ2) is 52.5. The molecule has 0 aliphatic carbocycles. The van der Waals surface area contributed by atoms with Crippen molar-refractivity contribution in [2.45, 2.75) is 296 Å². The van der Waals surface area contributed by atoms with Crippen molar-refractivity contribution < 1.29 is 24.2 Å². The summed E-state index contributed by atoms with van der Waals surface area (Å²) in [5.74, 6) is -0.594. The fourth-order valence-corrected chi connectivity index (χ4v) is 8.05. The molecule has 358 valence electrons. The first-order valence-corrected chi connectivity index (χ1v) is 27.0. The predicted molar refractivity (Wildman–Crippen MR) is 265 cm³/mol. The van der Waals surface area contributed by atoms with Gasteiger partial charge in [-0.1, -0.05) is 243 Å². The summed E-state index contributed by atoms with van der Waals surface area (Å²) in [5, 5.41) is 9.62. The summed E-state index contributed by atoms with van der Waals surface area (Å²) in [4.78, 5) is 24.4. The highest BCUT2D eigenvalue weighted by Crippen LogP contribution is 2.16. The van der Waals surface area contributed by atoms with Gasteiger partial charge in [0, 0.05) is 12.8 Å². The van der Waals surface area contributed by atoms with Crippen molar-refractivity contribution in [2.24, 2.45) is 0 Å². The van der Waals surface area contributed by atoms with Crippen LogP contribution < -0.4 is 0 Å². The molecule has 5 heteroatoms.